The van der Waals surface area contributed by atoms with E-state index in [9.17, 15) is 10.1 Å². The summed E-state index contributed by atoms with van der Waals surface area (Å²) in [5, 5.41) is 10.8. The number of aryl methyl sites for hydroxylation is 1. The highest BCUT2D eigenvalue weighted by Crippen LogP contribution is 2.30. The van der Waals surface area contributed by atoms with Gasteiger partial charge in [0.05, 0.1) is 4.92 Å². The number of nitrogens with two attached hydrogens (primary N) is 1. The van der Waals surface area contributed by atoms with Crippen LogP contribution in [0.5, 0.6) is 11.6 Å². The first kappa shape index (κ1) is 11.8. The summed E-state index contributed by atoms with van der Waals surface area (Å²) in [4.78, 5) is 14.1. The Kier molecular flexibility index (Phi) is 3.09. The molecule has 1 heterocycles. The van der Waals surface area contributed by atoms with E-state index in [0.717, 1.165) is 5.56 Å². The Labute approximate surface area is 103 Å². The maximum Gasteiger partial charge on any atom is 0.331 e. The third kappa shape index (κ3) is 2.54. The number of hydrogen-bond donors (Lipinski definition) is 1. The summed E-state index contributed by atoms with van der Waals surface area (Å²) >= 11 is 0. The lowest BCUT2D eigenvalue weighted by molar-refractivity contribution is -0.386. The van der Waals surface area contributed by atoms with Crippen molar-refractivity contribution in [2.45, 2.75) is 6.92 Å². The molecular weight excluding hydrogens is 234 g/mol. The van der Waals surface area contributed by atoms with Crippen LogP contribution in [-0.2, 0) is 0 Å². The van der Waals surface area contributed by atoms with Gasteiger partial charge >= 0.3 is 11.6 Å². The van der Waals surface area contributed by atoms with Crippen molar-refractivity contribution in [3.8, 4) is 11.6 Å². The third-order valence-corrected chi connectivity index (χ3v) is 2.26. The quantitative estimate of drug-likeness (QED) is 0.663. The van der Waals surface area contributed by atoms with Gasteiger partial charge in [0.1, 0.15) is 11.6 Å². The molecule has 2 aromatic rings. The molecule has 0 saturated heterocycles. The Morgan fingerprint density at radius 2 is 2.11 bits per heavy atom. The summed E-state index contributed by atoms with van der Waals surface area (Å²) < 4.78 is 5.40. The van der Waals surface area contributed by atoms with Gasteiger partial charge in [-0.05, 0) is 30.7 Å². The SMILES string of the molecule is Cc1cccc(Oc2nc(N)ccc2[N+](=O)[O-])c1. The van der Waals surface area contributed by atoms with Gasteiger partial charge in [0.25, 0.3) is 0 Å². The number of aromatic nitrogens is 1. The monoisotopic (exact) mass is 245 g/mol. The summed E-state index contributed by atoms with van der Waals surface area (Å²) in [7, 11) is 0. The lowest BCUT2D eigenvalue weighted by Gasteiger charge is -2.06. The normalized spacial score (nSPS) is 10.1. The van der Waals surface area contributed by atoms with Crippen molar-refractivity contribution < 1.29 is 9.66 Å². The van der Waals surface area contributed by atoms with E-state index < -0.39 is 4.92 Å². The number of pyridine rings is 1. The molecular formula is C12H11N3O3. The van der Waals surface area contributed by atoms with Crippen molar-refractivity contribution in [2.75, 3.05) is 5.73 Å². The van der Waals surface area contributed by atoms with Crippen LogP contribution in [0.1, 0.15) is 5.56 Å². The summed E-state index contributed by atoms with van der Waals surface area (Å²) in [5.74, 6) is 0.546. The first-order chi connectivity index (χ1) is 8.56. The van der Waals surface area contributed by atoms with Gasteiger partial charge in [-0.15, -0.1) is 0 Å². The Morgan fingerprint density at radius 3 is 2.78 bits per heavy atom. The highest BCUT2D eigenvalue weighted by Gasteiger charge is 2.17. The Bertz CT molecular complexity index is 599. The molecule has 0 atom stereocenters. The average Bonchev–Trinajstić information content (AvgIpc) is 2.28. The van der Waals surface area contributed by atoms with Crippen LogP contribution in [0, 0.1) is 17.0 Å². The molecule has 0 bridgehead atoms. The predicted octanol–water partition coefficient (Wildman–Crippen LogP) is 2.67. The van der Waals surface area contributed by atoms with Crippen LogP contribution < -0.4 is 10.5 Å². The van der Waals surface area contributed by atoms with Crippen molar-refractivity contribution in [1.82, 2.24) is 4.98 Å². The molecule has 1 aromatic carbocycles. The van der Waals surface area contributed by atoms with Crippen LogP contribution in [-0.4, -0.2) is 9.91 Å². The van der Waals surface area contributed by atoms with E-state index in [0.29, 0.717) is 5.75 Å². The number of nitrogen functional groups attached to an aromatic ring is 1. The van der Waals surface area contributed by atoms with Crippen LogP contribution in [0.15, 0.2) is 36.4 Å². The van der Waals surface area contributed by atoms with Gasteiger partial charge in [0, 0.05) is 6.07 Å². The molecule has 6 heteroatoms. The second-order valence-electron chi connectivity index (χ2n) is 3.74. The van der Waals surface area contributed by atoms with Crippen molar-refractivity contribution in [1.29, 1.82) is 0 Å². The van der Waals surface area contributed by atoms with Crippen molar-refractivity contribution in [3.05, 3.63) is 52.1 Å². The number of nitrogens with zero attached hydrogens (tertiary/aromatic N) is 2. The maximum absolute atomic E-state index is 10.8. The summed E-state index contributed by atoms with van der Waals surface area (Å²) in [6.45, 7) is 1.90. The van der Waals surface area contributed by atoms with E-state index in [1.165, 1.54) is 12.1 Å². The van der Waals surface area contributed by atoms with Gasteiger partial charge in [0.15, 0.2) is 0 Å². The van der Waals surface area contributed by atoms with Crippen LogP contribution in [0.4, 0.5) is 11.5 Å². The minimum atomic E-state index is -0.558. The van der Waals surface area contributed by atoms with Crippen molar-refractivity contribution in [3.63, 3.8) is 0 Å². The second kappa shape index (κ2) is 4.70. The number of nitro groups is 1. The van der Waals surface area contributed by atoms with E-state index in [4.69, 9.17) is 10.5 Å². The largest absolute Gasteiger partial charge is 0.434 e. The molecule has 2 rings (SSSR count). The van der Waals surface area contributed by atoms with Crippen LogP contribution in [0.3, 0.4) is 0 Å². The molecule has 1 aromatic heterocycles. The Balaban J connectivity index is 2.39. The number of ether oxygens (including phenoxy) is 1. The van der Waals surface area contributed by atoms with Gasteiger partial charge in [-0.2, -0.15) is 4.98 Å². The van der Waals surface area contributed by atoms with Gasteiger partial charge in [-0.3, -0.25) is 10.1 Å². The molecule has 0 spiro atoms. The molecule has 0 unspecified atom stereocenters. The van der Waals surface area contributed by atoms with Gasteiger partial charge in [-0.1, -0.05) is 12.1 Å². The Morgan fingerprint density at radius 1 is 1.33 bits per heavy atom. The van der Waals surface area contributed by atoms with E-state index in [2.05, 4.69) is 4.98 Å². The highest BCUT2D eigenvalue weighted by molar-refractivity contribution is 5.48. The molecule has 0 aliphatic rings. The molecule has 92 valence electrons. The van der Waals surface area contributed by atoms with Crippen LogP contribution >= 0.6 is 0 Å². The standard InChI is InChI=1S/C12H11N3O3/c1-8-3-2-4-9(7-8)18-12-10(15(16)17)5-6-11(13)14-12/h2-7H,1H3,(H2,13,14). The summed E-state index contributed by atoms with van der Waals surface area (Å²) in [6.07, 6.45) is 0. The molecule has 0 aliphatic heterocycles. The molecule has 2 N–H and O–H groups in total. The maximum atomic E-state index is 10.8. The lowest BCUT2D eigenvalue weighted by atomic mass is 10.2. The minimum Gasteiger partial charge on any atom is -0.434 e. The average molecular weight is 245 g/mol. The van der Waals surface area contributed by atoms with E-state index in [-0.39, 0.29) is 17.4 Å². The van der Waals surface area contributed by atoms with Gasteiger partial charge in [-0.25, -0.2) is 0 Å². The fraction of sp³-hybridized carbons (Fsp3) is 0.0833. The molecule has 0 aliphatic carbocycles. The minimum absolute atomic E-state index is 0.106. The third-order valence-electron chi connectivity index (χ3n) is 2.26. The molecule has 0 amide bonds. The molecule has 18 heavy (non-hydrogen) atoms. The zero-order chi connectivity index (χ0) is 13.1. The molecule has 6 nitrogen and oxygen atoms in total. The van der Waals surface area contributed by atoms with Crippen LogP contribution in [0.2, 0.25) is 0 Å². The van der Waals surface area contributed by atoms with E-state index >= 15 is 0 Å². The smallest absolute Gasteiger partial charge is 0.331 e. The lowest BCUT2D eigenvalue weighted by Crippen LogP contribution is -1.99. The molecule has 0 fully saturated rings. The fourth-order valence-electron chi connectivity index (χ4n) is 1.45. The number of anilines is 1. The second-order valence-corrected chi connectivity index (χ2v) is 3.74. The summed E-state index contributed by atoms with van der Waals surface area (Å²) in [6, 6.07) is 9.78. The van der Waals surface area contributed by atoms with Gasteiger partial charge < -0.3 is 10.5 Å². The first-order valence-electron chi connectivity index (χ1n) is 5.21. The van der Waals surface area contributed by atoms with E-state index in [1.807, 2.05) is 13.0 Å². The summed E-state index contributed by atoms with van der Waals surface area (Å²) in [5.41, 5.74) is 6.27. The number of rotatable bonds is 3. The predicted molar refractivity (Wildman–Crippen MR) is 66.6 cm³/mol. The zero-order valence-electron chi connectivity index (χ0n) is 9.66. The zero-order valence-corrected chi connectivity index (χ0v) is 9.66. The van der Waals surface area contributed by atoms with Crippen molar-refractivity contribution in [2.24, 2.45) is 0 Å². The van der Waals surface area contributed by atoms with Gasteiger partial charge in [0.2, 0.25) is 0 Å². The number of benzene rings is 1. The fourth-order valence-corrected chi connectivity index (χ4v) is 1.45. The molecule has 0 radical (unpaired) electrons. The molecule has 0 saturated carbocycles. The topological polar surface area (TPSA) is 91.3 Å². The van der Waals surface area contributed by atoms with E-state index in [1.54, 1.807) is 18.2 Å². The Hall–Kier alpha value is -2.63. The first-order valence-corrected chi connectivity index (χ1v) is 5.21. The van der Waals surface area contributed by atoms with Crippen molar-refractivity contribution >= 4 is 11.5 Å². The highest BCUT2D eigenvalue weighted by atomic mass is 16.6. The number of hydrogen-bond acceptors (Lipinski definition) is 5. The van der Waals surface area contributed by atoms with Crippen LogP contribution in [0.25, 0.3) is 0 Å².